The number of methoxy groups -OCH3 is 1. The first-order chi connectivity index (χ1) is 13.6. The monoisotopic (exact) mass is 416 g/mol. The molecule has 2 heterocycles. The summed E-state index contributed by atoms with van der Waals surface area (Å²) in [6.07, 6.45) is 0.244. The molecule has 4 rings (SSSR count). The van der Waals surface area contributed by atoms with E-state index in [9.17, 15) is 9.59 Å². The zero-order chi connectivity index (χ0) is 19.7. The predicted molar refractivity (Wildman–Crippen MR) is 112 cm³/mol. The number of carbonyl (C=O) groups excluding carboxylic acids is 2. The van der Waals surface area contributed by atoms with Crippen molar-refractivity contribution in [3.63, 3.8) is 0 Å². The molecule has 2 aromatic carbocycles. The SMILES string of the molecule is COc1ccc(N2CC(C(=O)N3CCSC3c3cccc(Cl)c3)CC2=O)cc1. The van der Waals surface area contributed by atoms with Crippen LogP contribution < -0.4 is 9.64 Å². The van der Waals surface area contributed by atoms with Gasteiger partial charge in [0.05, 0.1) is 13.0 Å². The maximum Gasteiger partial charge on any atom is 0.229 e. The van der Waals surface area contributed by atoms with Crippen LogP contribution >= 0.6 is 23.4 Å². The molecule has 0 aromatic heterocycles. The van der Waals surface area contributed by atoms with E-state index in [2.05, 4.69) is 0 Å². The van der Waals surface area contributed by atoms with Gasteiger partial charge >= 0.3 is 0 Å². The van der Waals surface area contributed by atoms with Crippen LogP contribution in [0, 0.1) is 5.92 Å². The Labute approximate surface area is 173 Å². The van der Waals surface area contributed by atoms with E-state index in [4.69, 9.17) is 16.3 Å². The molecule has 2 unspecified atom stereocenters. The van der Waals surface area contributed by atoms with Crippen LogP contribution in [0.5, 0.6) is 5.75 Å². The lowest BCUT2D eigenvalue weighted by molar-refractivity contribution is -0.136. The van der Waals surface area contributed by atoms with E-state index in [1.807, 2.05) is 53.4 Å². The third-order valence-corrected chi connectivity index (χ3v) is 6.66. The molecule has 28 heavy (non-hydrogen) atoms. The maximum atomic E-state index is 13.2. The van der Waals surface area contributed by atoms with Gasteiger partial charge in [-0.1, -0.05) is 23.7 Å². The van der Waals surface area contributed by atoms with Crippen molar-refractivity contribution in [2.24, 2.45) is 5.92 Å². The number of benzene rings is 2. The van der Waals surface area contributed by atoms with Crippen molar-refractivity contribution in [1.29, 1.82) is 0 Å². The molecule has 146 valence electrons. The number of halogens is 1. The predicted octanol–water partition coefficient (Wildman–Crippen LogP) is 3.98. The molecule has 0 radical (unpaired) electrons. The minimum atomic E-state index is -0.324. The van der Waals surface area contributed by atoms with E-state index in [-0.39, 0.29) is 29.5 Å². The molecule has 0 bridgehead atoms. The van der Waals surface area contributed by atoms with Crippen LogP contribution in [0.25, 0.3) is 0 Å². The summed E-state index contributed by atoms with van der Waals surface area (Å²) in [5.41, 5.74) is 1.82. The molecule has 2 aliphatic rings. The number of anilines is 1. The zero-order valence-corrected chi connectivity index (χ0v) is 17.1. The van der Waals surface area contributed by atoms with Crippen molar-refractivity contribution in [1.82, 2.24) is 4.90 Å². The van der Waals surface area contributed by atoms with Crippen LogP contribution in [0.1, 0.15) is 17.4 Å². The van der Waals surface area contributed by atoms with E-state index in [1.54, 1.807) is 23.8 Å². The number of hydrogen-bond donors (Lipinski definition) is 0. The first-order valence-corrected chi connectivity index (χ1v) is 10.6. The van der Waals surface area contributed by atoms with Crippen molar-refractivity contribution < 1.29 is 14.3 Å². The lowest BCUT2D eigenvalue weighted by atomic mass is 10.1. The highest BCUT2D eigenvalue weighted by atomic mass is 35.5. The Balaban J connectivity index is 1.49. The van der Waals surface area contributed by atoms with Crippen LogP contribution in [0.15, 0.2) is 48.5 Å². The van der Waals surface area contributed by atoms with Gasteiger partial charge in [-0.05, 0) is 42.0 Å². The maximum absolute atomic E-state index is 13.2. The number of amides is 2. The summed E-state index contributed by atoms with van der Waals surface area (Å²) in [4.78, 5) is 29.4. The Bertz CT molecular complexity index is 889. The van der Waals surface area contributed by atoms with Crippen LogP contribution in [0.2, 0.25) is 5.02 Å². The van der Waals surface area contributed by atoms with E-state index in [1.165, 1.54) is 0 Å². The minimum Gasteiger partial charge on any atom is -0.497 e. The van der Waals surface area contributed by atoms with Gasteiger partial charge in [-0.2, -0.15) is 0 Å². The Morgan fingerprint density at radius 3 is 2.71 bits per heavy atom. The van der Waals surface area contributed by atoms with Gasteiger partial charge in [-0.3, -0.25) is 9.59 Å². The average molecular weight is 417 g/mol. The summed E-state index contributed by atoms with van der Waals surface area (Å²) < 4.78 is 5.17. The molecule has 2 atom stereocenters. The number of carbonyl (C=O) groups is 2. The molecule has 2 amide bonds. The highest BCUT2D eigenvalue weighted by Crippen LogP contribution is 2.40. The lowest BCUT2D eigenvalue weighted by Crippen LogP contribution is -2.37. The Hall–Kier alpha value is -2.18. The quantitative estimate of drug-likeness (QED) is 0.756. The third-order valence-electron chi connectivity index (χ3n) is 5.17. The number of hydrogen-bond acceptors (Lipinski definition) is 4. The first-order valence-electron chi connectivity index (χ1n) is 9.19. The lowest BCUT2D eigenvalue weighted by Gasteiger charge is -2.27. The Kier molecular flexibility index (Phi) is 5.51. The molecule has 2 aromatic rings. The fourth-order valence-corrected chi connectivity index (χ4v) is 5.20. The Morgan fingerprint density at radius 2 is 2.00 bits per heavy atom. The van der Waals surface area contributed by atoms with Gasteiger partial charge < -0.3 is 14.5 Å². The highest BCUT2D eigenvalue weighted by Gasteiger charge is 2.40. The molecule has 0 saturated carbocycles. The van der Waals surface area contributed by atoms with Crippen LogP contribution in [-0.4, -0.2) is 42.7 Å². The molecule has 5 nitrogen and oxygen atoms in total. The smallest absolute Gasteiger partial charge is 0.229 e. The molecule has 2 fully saturated rings. The third kappa shape index (κ3) is 3.71. The first kappa shape index (κ1) is 19.2. The largest absolute Gasteiger partial charge is 0.497 e. The van der Waals surface area contributed by atoms with Gasteiger partial charge in [-0.25, -0.2) is 0 Å². The standard InChI is InChI=1S/C21H21ClN2O3S/c1-27-18-7-5-17(6-8-18)24-13-15(12-19(24)25)20(26)23-9-10-28-21(23)14-3-2-4-16(22)11-14/h2-8,11,15,21H,9-10,12-13H2,1H3. The Morgan fingerprint density at radius 1 is 1.21 bits per heavy atom. The normalized spacial score (nSPS) is 22.0. The van der Waals surface area contributed by atoms with Crippen molar-refractivity contribution in [2.45, 2.75) is 11.8 Å². The van der Waals surface area contributed by atoms with Gasteiger partial charge in [0.15, 0.2) is 0 Å². The van der Waals surface area contributed by atoms with Gasteiger partial charge in [0.1, 0.15) is 11.1 Å². The molecule has 7 heteroatoms. The summed E-state index contributed by atoms with van der Waals surface area (Å²) in [6, 6.07) is 15.0. The minimum absolute atomic E-state index is 0.0188. The second-order valence-electron chi connectivity index (χ2n) is 6.91. The molecule has 0 spiro atoms. The summed E-state index contributed by atoms with van der Waals surface area (Å²) in [5.74, 6) is 1.32. The average Bonchev–Trinajstić information content (AvgIpc) is 3.34. The summed E-state index contributed by atoms with van der Waals surface area (Å²) >= 11 is 7.87. The van der Waals surface area contributed by atoms with Gasteiger partial charge in [-0.15, -0.1) is 11.8 Å². The fraction of sp³-hybridized carbons (Fsp3) is 0.333. The summed E-state index contributed by atoms with van der Waals surface area (Å²) in [7, 11) is 1.61. The molecule has 2 saturated heterocycles. The van der Waals surface area contributed by atoms with Crippen molar-refractivity contribution >= 4 is 40.9 Å². The second kappa shape index (κ2) is 8.05. The molecule has 0 aliphatic carbocycles. The number of nitrogens with zero attached hydrogens (tertiary/aromatic N) is 2. The molecule has 0 N–H and O–H groups in total. The number of ether oxygens (including phenoxy) is 1. The highest BCUT2D eigenvalue weighted by molar-refractivity contribution is 7.99. The van der Waals surface area contributed by atoms with Crippen molar-refractivity contribution in [2.75, 3.05) is 30.9 Å². The summed E-state index contributed by atoms with van der Waals surface area (Å²) in [5, 5.41) is 0.621. The van der Waals surface area contributed by atoms with Gasteiger partial charge in [0, 0.05) is 36.0 Å². The van der Waals surface area contributed by atoms with Gasteiger partial charge in [0.25, 0.3) is 0 Å². The van der Waals surface area contributed by atoms with E-state index in [0.29, 0.717) is 18.1 Å². The van der Waals surface area contributed by atoms with Crippen LogP contribution in [-0.2, 0) is 9.59 Å². The van der Waals surface area contributed by atoms with Crippen molar-refractivity contribution in [3.8, 4) is 5.75 Å². The number of rotatable bonds is 4. The second-order valence-corrected chi connectivity index (χ2v) is 8.54. The van der Waals surface area contributed by atoms with E-state index in [0.717, 1.165) is 22.8 Å². The molecular formula is C21H21ClN2O3S. The van der Waals surface area contributed by atoms with Crippen LogP contribution in [0.4, 0.5) is 5.69 Å². The summed E-state index contributed by atoms with van der Waals surface area (Å²) in [6.45, 7) is 1.10. The van der Waals surface area contributed by atoms with E-state index >= 15 is 0 Å². The molecule has 2 aliphatic heterocycles. The topological polar surface area (TPSA) is 49.9 Å². The van der Waals surface area contributed by atoms with E-state index < -0.39 is 0 Å². The van der Waals surface area contributed by atoms with Crippen LogP contribution in [0.3, 0.4) is 0 Å². The fourth-order valence-electron chi connectivity index (χ4n) is 3.75. The molecular weight excluding hydrogens is 396 g/mol. The number of thioether (sulfide) groups is 1. The zero-order valence-electron chi connectivity index (χ0n) is 15.5. The van der Waals surface area contributed by atoms with Gasteiger partial charge in [0.2, 0.25) is 11.8 Å². The van der Waals surface area contributed by atoms with Crippen molar-refractivity contribution in [3.05, 3.63) is 59.1 Å².